The molecule has 136 valence electrons. The Balaban J connectivity index is 1.73. The summed E-state index contributed by atoms with van der Waals surface area (Å²) in [7, 11) is 2.12. The fraction of sp³-hybridized carbons (Fsp3) is 0.850. The number of allylic oxidation sites excluding steroid dienone is 2. The molecule has 24 heavy (non-hydrogen) atoms. The van der Waals surface area contributed by atoms with Crippen molar-refractivity contribution in [2.45, 2.75) is 77.1 Å². The lowest BCUT2D eigenvalue weighted by molar-refractivity contribution is -0.145. The number of esters is 1. The molecule has 0 bridgehead atoms. The molecule has 0 saturated carbocycles. The minimum atomic E-state index is -0.0969. The van der Waals surface area contributed by atoms with Gasteiger partial charge in [-0.05, 0) is 59.5 Å². The third-order valence-electron chi connectivity index (χ3n) is 6.14. The van der Waals surface area contributed by atoms with Gasteiger partial charge in [0.1, 0.15) is 12.2 Å². The van der Waals surface area contributed by atoms with Crippen LogP contribution in [0.1, 0.15) is 59.3 Å². The number of hydrogen-bond acceptors (Lipinski definition) is 4. The molecule has 0 radical (unpaired) electrons. The molecule has 0 unspecified atom stereocenters. The summed E-state index contributed by atoms with van der Waals surface area (Å²) in [5.41, 5.74) is 1.34. The van der Waals surface area contributed by atoms with Crippen molar-refractivity contribution in [3.63, 3.8) is 0 Å². The topological polar surface area (TPSA) is 42.1 Å². The molecule has 3 rings (SSSR count). The molecule has 0 N–H and O–H groups in total. The predicted molar refractivity (Wildman–Crippen MR) is 94.8 cm³/mol. The van der Waals surface area contributed by atoms with Crippen molar-refractivity contribution in [2.75, 3.05) is 20.1 Å². The van der Waals surface area contributed by atoms with Gasteiger partial charge in [0.2, 0.25) is 0 Å². The molecular formula is C20H33NO3. The summed E-state index contributed by atoms with van der Waals surface area (Å²) in [5, 5.41) is 0. The van der Waals surface area contributed by atoms with Gasteiger partial charge in [-0.2, -0.15) is 0 Å². The molecule has 3 aliphatic rings. The Morgan fingerprint density at radius 3 is 2.96 bits per heavy atom. The van der Waals surface area contributed by atoms with Crippen LogP contribution in [0.4, 0.5) is 0 Å². The number of ether oxygens (including phenoxy) is 2. The lowest BCUT2D eigenvalue weighted by Crippen LogP contribution is -2.35. The quantitative estimate of drug-likeness (QED) is 0.438. The van der Waals surface area contributed by atoms with Gasteiger partial charge in [0.15, 0.2) is 0 Å². The molecule has 0 aromatic heterocycles. The normalized spacial score (nSPS) is 39.0. The first-order chi connectivity index (χ1) is 11.4. The van der Waals surface area contributed by atoms with E-state index in [9.17, 15) is 4.79 Å². The van der Waals surface area contributed by atoms with Crippen molar-refractivity contribution >= 4 is 5.97 Å². The first kappa shape index (κ1) is 17.9. The molecule has 0 spiro atoms. The Morgan fingerprint density at radius 1 is 1.42 bits per heavy atom. The fourth-order valence-electron chi connectivity index (χ4n) is 4.40. The molecule has 2 fully saturated rings. The zero-order valence-electron chi connectivity index (χ0n) is 15.7. The maximum Gasteiger partial charge on any atom is 0.311 e. The zero-order chi connectivity index (χ0) is 17.3. The van der Waals surface area contributed by atoms with E-state index < -0.39 is 0 Å². The summed E-state index contributed by atoms with van der Waals surface area (Å²) in [6, 6.07) is 0. The van der Waals surface area contributed by atoms with E-state index in [1.807, 2.05) is 0 Å². The minimum Gasteiger partial charge on any atom is -0.459 e. The van der Waals surface area contributed by atoms with E-state index in [1.165, 1.54) is 18.4 Å². The van der Waals surface area contributed by atoms with Crippen molar-refractivity contribution in [3.8, 4) is 0 Å². The second kappa shape index (κ2) is 7.17. The van der Waals surface area contributed by atoms with E-state index in [0.717, 1.165) is 38.8 Å². The maximum absolute atomic E-state index is 12.6. The predicted octanol–water partition coefficient (Wildman–Crippen LogP) is 3.55. The van der Waals surface area contributed by atoms with Crippen LogP contribution in [-0.2, 0) is 14.3 Å². The summed E-state index contributed by atoms with van der Waals surface area (Å²) in [4.78, 5) is 14.9. The highest BCUT2D eigenvalue weighted by molar-refractivity contribution is 5.75. The number of carbonyl (C=O) groups excluding carboxylic acids is 1. The minimum absolute atomic E-state index is 0.00228. The van der Waals surface area contributed by atoms with E-state index >= 15 is 0 Å². The van der Waals surface area contributed by atoms with Crippen LogP contribution in [-0.4, -0.2) is 48.8 Å². The summed E-state index contributed by atoms with van der Waals surface area (Å²) < 4.78 is 11.9. The maximum atomic E-state index is 12.6. The molecule has 4 nitrogen and oxygen atoms in total. The third kappa shape index (κ3) is 3.70. The van der Waals surface area contributed by atoms with Gasteiger partial charge in [-0.15, -0.1) is 0 Å². The molecule has 2 heterocycles. The molecule has 2 saturated heterocycles. The smallest absolute Gasteiger partial charge is 0.311 e. The highest BCUT2D eigenvalue weighted by Crippen LogP contribution is 2.50. The van der Waals surface area contributed by atoms with Gasteiger partial charge in [0.05, 0.1) is 11.5 Å². The Labute approximate surface area is 146 Å². The van der Waals surface area contributed by atoms with Crippen LogP contribution >= 0.6 is 0 Å². The first-order valence-electron chi connectivity index (χ1n) is 9.67. The number of epoxide rings is 1. The monoisotopic (exact) mass is 335 g/mol. The Kier molecular flexibility index (Phi) is 5.36. The van der Waals surface area contributed by atoms with Gasteiger partial charge in [-0.25, -0.2) is 0 Å². The number of carbonyl (C=O) groups is 1. The van der Waals surface area contributed by atoms with Gasteiger partial charge in [-0.1, -0.05) is 25.0 Å². The van der Waals surface area contributed by atoms with Gasteiger partial charge < -0.3 is 14.4 Å². The van der Waals surface area contributed by atoms with Crippen LogP contribution in [0.2, 0.25) is 0 Å². The van der Waals surface area contributed by atoms with Crippen molar-refractivity contribution in [3.05, 3.63) is 11.6 Å². The molecular weight excluding hydrogens is 302 g/mol. The first-order valence-corrected chi connectivity index (χ1v) is 9.67. The van der Waals surface area contributed by atoms with Crippen LogP contribution < -0.4 is 0 Å². The highest BCUT2D eigenvalue weighted by atomic mass is 16.6. The van der Waals surface area contributed by atoms with E-state index in [0.29, 0.717) is 0 Å². The Bertz CT molecular complexity index is 503. The molecule has 0 aromatic carbocycles. The standard InChI is InChI=1S/C20H33NO3/c1-5-6-12-21(4)13-16-15-10-9-14(2)8-7-11-20(3)18(24-20)17(15)23-19(16)22/h8,15-18H,5-7,9-13H2,1-4H3/t15-,16-,17-,18-,20+/m0/s1. The number of unbranched alkanes of at least 4 members (excludes halogenated alkanes) is 1. The van der Waals surface area contributed by atoms with Crippen LogP contribution in [0, 0.1) is 11.8 Å². The number of hydrogen-bond donors (Lipinski definition) is 0. The molecule has 5 atom stereocenters. The van der Waals surface area contributed by atoms with Gasteiger partial charge in [0, 0.05) is 12.5 Å². The molecule has 1 aliphatic carbocycles. The number of fused-ring (bicyclic) bond motifs is 3. The average molecular weight is 335 g/mol. The summed E-state index contributed by atoms with van der Waals surface area (Å²) in [5.74, 6) is 0.277. The van der Waals surface area contributed by atoms with Crippen molar-refractivity contribution in [2.24, 2.45) is 11.8 Å². The van der Waals surface area contributed by atoms with Crippen LogP contribution in [0.15, 0.2) is 11.6 Å². The van der Waals surface area contributed by atoms with Crippen molar-refractivity contribution in [1.29, 1.82) is 0 Å². The van der Waals surface area contributed by atoms with Crippen LogP contribution in [0.3, 0.4) is 0 Å². The Morgan fingerprint density at radius 2 is 2.21 bits per heavy atom. The van der Waals surface area contributed by atoms with Crippen molar-refractivity contribution in [1.82, 2.24) is 4.90 Å². The SMILES string of the molecule is CCCCN(C)C[C@@H]1C(=O)O[C@H]2[C@H]1CCC(C)=CCC[C@@]1(C)O[C@@H]21. The molecule has 0 amide bonds. The largest absolute Gasteiger partial charge is 0.459 e. The zero-order valence-corrected chi connectivity index (χ0v) is 15.7. The van der Waals surface area contributed by atoms with E-state index in [2.05, 4.69) is 38.8 Å². The van der Waals surface area contributed by atoms with E-state index in [1.54, 1.807) is 0 Å². The fourth-order valence-corrected chi connectivity index (χ4v) is 4.40. The second-order valence-corrected chi connectivity index (χ2v) is 8.27. The lowest BCUT2D eigenvalue weighted by Gasteiger charge is -2.25. The van der Waals surface area contributed by atoms with E-state index in [-0.39, 0.29) is 35.6 Å². The van der Waals surface area contributed by atoms with Gasteiger partial charge in [-0.3, -0.25) is 4.79 Å². The van der Waals surface area contributed by atoms with Crippen molar-refractivity contribution < 1.29 is 14.3 Å². The summed E-state index contributed by atoms with van der Waals surface area (Å²) >= 11 is 0. The number of nitrogens with zero attached hydrogens (tertiary/aromatic N) is 1. The summed E-state index contributed by atoms with van der Waals surface area (Å²) in [6.07, 6.45) is 8.95. The molecule has 2 aliphatic heterocycles. The van der Waals surface area contributed by atoms with Gasteiger partial charge >= 0.3 is 5.97 Å². The lowest BCUT2D eigenvalue weighted by atomic mass is 9.80. The van der Waals surface area contributed by atoms with Crippen LogP contribution in [0.25, 0.3) is 0 Å². The van der Waals surface area contributed by atoms with Gasteiger partial charge in [0.25, 0.3) is 0 Å². The third-order valence-corrected chi connectivity index (χ3v) is 6.14. The molecule has 4 heteroatoms. The summed E-state index contributed by atoms with van der Waals surface area (Å²) in [6.45, 7) is 8.45. The second-order valence-electron chi connectivity index (χ2n) is 8.27. The molecule has 0 aromatic rings. The number of rotatable bonds is 5. The average Bonchev–Trinajstić information content (AvgIpc) is 3.11. The van der Waals surface area contributed by atoms with Crippen LogP contribution in [0.5, 0.6) is 0 Å². The van der Waals surface area contributed by atoms with E-state index in [4.69, 9.17) is 9.47 Å². The highest BCUT2D eigenvalue weighted by Gasteiger charge is 2.62. The Hall–Kier alpha value is -0.870.